The molecule has 1 heterocycles. The summed E-state index contributed by atoms with van der Waals surface area (Å²) in [6.45, 7) is 9.81. The van der Waals surface area contributed by atoms with Crippen LogP contribution in [0.5, 0.6) is 0 Å². The third-order valence-electron chi connectivity index (χ3n) is 4.41. The third kappa shape index (κ3) is 3.42. The van der Waals surface area contributed by atoms with Gasteiger partial charge < -0.3 is 10.1 Å². The number of hydrogen-bond donors (Lipinski definition) is 1. The lowest BCUT2D eigenvalue weighted by Gasteiger charge is -2.26. The normalized spacial score (nSPS) is 24.0. The van der Waals surface area contributed by atoms with Crippen molar-refractivity contribution < 1.29 is 4.74 Å². The van der Waals surface area contributed by atoms with E-state index in [0.717, 1.165) is 25.8 Å². The molecule has 1 aromatic carbocycles. The molecule has 20 heavy (non-hydrogen) atoms. The predicted molar refractivity (Wildman–Crippen MR) is 85.2 cm³/mol. The fourth-order valence-electron chi connectivity index (χ4n) is 3.28. The van der Waals surface area contributed by atoms with Gasteiger partial charge in [0.05, 0.1) is 18.2 Å². The molecule has 3 unspecified atom stereocenters. The number of likely N-dealkylation sites (N-methyl/N-ethyl adjacent to an activating group) is 1. The first-order valence-electron chi connectivity index (χ1n) is 8.20. The lowest BCUT2D eigenvalue weighted by atomic mass is 9.93. The average Bonchev–Trinajstić information content (AvgIpc) is 2.90. The van der Waals surface area contributed by atoms with Gasteiger partial charge in [-0.05, 0) is 55.8 Å². The number of ether oxygens (including phenoxy) is 1. The highest BCUT2D eigenvalue weighted by molar-refractivity contribution is 5.34. The van der Waals surface area contributed by atoms with Gasteiger partial charge >= 0.3 is 0 Å². The minimum atomic E-state index is 0.321. The molecule has 0 amide bonds. The van der Waals surface area contributed by atoms with Crippen LogP contribution in [0.4, 0.5) is 0 Å². The first kappa shape index (κ1) is 15.5. The van der Waals surface area contributed by atoms with Crippen LogP contribution in [0.1, 0.15) is 63.3 Å². The topological polar surface area (TPSA) is 21.3 Å². The Bertz CT molecular complexity index is 429. The molecule has 1 N–H and O–H groups in total. The van der Waals surface area contributed by atoms with Gasteiger partial charge in [0.15, 0.2) is 0 Å². The largest absolute Gasteiger partial charge is 0.373 e. The summed E-state index contributed by atoms with van der Waals surface area (Å²) in [6, 6.07) is 7.31. The summed E-state index contributed by atoms with van der Waals surface area (Å²) in [5.41, 5.74) is 4.35. The second kappa shape index (κ2) is 7.24. The van der Waals surface area contributed by atoms with Gasteiger partial charge in [0.1, 0.15) is 0 Å². The van der Waals surface area contributed by atoms with Crippen molar-refractivity contribution in [3.8, 4) is 0 Å². The van der Waals surface area contributed by atoms with Gasteiger partial charge in [0.2, 0.25) is 0 Å². The maximum atomic E-state index is 6.10. The Balaban J connectivity index is 2.24. The van der Waals surface area contributed by atoms with Crippen molar-refractivity contribution in [2.24, 2.45) is 0 Å². The minimum absolute atomic E-state index is 0.321. The van der Waals surface area contributed by atoms with Crippen LogP contribution in [0.25, 0.3) is 0 Å². The maximum absolute atomic E-state index is 6.10. The first-order chi connectivity index (χ1) is 9.69. The number of benzene rings is 1. The molecular formula is C18H29NO. The summed E-state index contributed by atoms with van der Waals surface area (Å²) in [4.78, 5) is 0. The number of hydrogen-bond acceptors (Lipinski definition) is 2. The molecule has 112 valence electrons. The smallest absolute Gasteiger partial charge is 0.0774 e. The van der Waals surface area contributed by atoms with Gasteiger partial charge in [0.25, 0.3) is 0 Å². The maximum Gasteiger partial charge on any atom is 0.0774 e. The van der Waals surface area contributed by atoms with Crippen molar-refractivity contribution in [1.82, 2.24) is 5.32 Å². The lowest BCUT2D eigenvalue weighted by Crippen LogP contribution is -2.32. The van der Waals surface area contributed by atoms with Gasteiger partial charge in [-0.15, -0.1) is 0 Å². The third-order valence-corrected chi connectivity index (χ3v) is 4.41. The van der Waals surface area contributed by atoms with Crippen molar-refractivity contribution in [2.75, 3.05) is 6.54 Å². The zero-order valence-electron chi connectivity index (χ0n) is 13.4. The molecular weight excluding hydrogens is 246 g/mol. The molecule has 1 aliphatic rings. The van der Waals surface area contributed by atoms with Crippen molar-refractivity contribution in [3.05, 3.63) is 34.9 Å². The molecule has 0 saturated carbocycles. The molecule has 0 aliphatic carbocycles. The zero-order chi connectivity index (χ0) is 14.5. The Morgan fingerprint density at radius 3 is 2.45 bits per heavy atom. The molecule has 2 nitrogen and oxygen atoms in total. The van der Waals surface area contributed by atoms with Gasteiger partial charge in [-0.25, -0.2) is 0 Å². The van der Waals surface area contributed by atoms with Crippen molar-refractivity contribution in [3.63, 3.8) is 0 Å². The van der Waals surface area contributed by atoms with E-state index in [1.807, 2.05) is 0 Å². The summed E-state index contributed by atoms with van der Waals surface area (Å²) in [5.74, 6) is 0. The molecule has 2 rings (SSSR count). The summed E-state index contributed by atoms with van der Waals surface area (Å²) >= 11 is 0. The molecule has 1 aliphatic heterocycles. The predicted octanol–water partition coefficient (Wildman–Crippen LogP) is 4.03. The Morgan fingerprint density at radius 1 is 1.15 bits per heavy atom. The Hall–Kier alpha value is -0.860. The standard InChI is InChI=1S/C18H29NO/c1-5-14-9-10-16(12-15(14)6-2)18(19-7-3)17-11-8-13(4)20-17/h9-10,12-13,17-19H,5-8,11H2,1-4H3. The Morgan fingerprint density at radius 2 is 1.90 bits per heavy atom. The van der Waals surface area contributed by atoms with Crippen LogP contribution < -0.4 is 5.32 Å². The first-order valence-corrected chi connectivity index (χ1v) is 8.20. The van der Waals surface area contributed by atoms with Gasteiger partial charge in [0, 0.05) is 0 Å². The van der Waals surface area contributed by atoms with Crippen LogP contribution in [-0.4, -0.2) is 18.8 Å². The van der Waals surface area contributed by atoms with E-state index >= 15 is 0 Å². The second-order valence-corrected chi connectivity index (χ2v) is 5.83. The number of rotatable bonds is 6. The van der Waals surface area contributed by atoms with Gasteiger partial charge in [-0.3, -0.25) is 0 Å². The van der Waals surface area contributed by atoms with Gasteiger partial charge in [-0.1, -0.05) is 39.0 Å². The number of aryl methyl sites for hydroxylation is 2. The SMILES string of the molecule is CCNC(c1ccc(CC)c(CC)c1)C1CCC(C)O1. The van der Waals surface area contributed by atoms with E-state index in [1.165, 1.54) is 23.1 Å². The summed E-state index contributed by atoms with van der Waals surface area (Å²) in [7, 11) is 0. The molecule has 0 aromatic heterocycles. The molecule has 0 spiro atoms. The van der Waals surface area contributed by atoms with E-state index < -0.39 is 0 Å². The van der Waals surface area contributed by atoms with E-state index in [9.17, 15) is 0 Å². The summed E-state index contributed by atoms with van der Waals surface area (Å²) < 4.78 is 6.10. The van der Waals surface area contributed by atoms with E-state index in [2.05, 4.69) is 51.2 Å². The molecule has 3 atom stereocenters. The van der Waals surface area contributed by atoms with E-state index in [0.29, 0.717) is 18.2 Å². The van der Waals surface area contributed by atoms with Crippen LogP contribution in [0.2, 0.25) is 0 Å². The molecule has 1 fully saturated rings. The zero-order valence-corrected chi connectivity index (χ0v) is 13.4. The van der Waals surface area contributed by atoms with Crippen LogP contribution >= 0.6 is 0 Å². The summed E-state index contributed by atoms with van der Waals surface area (Å²) in [6.07, 6.45) is 5.30. The summed E-state index contributed by atoms with van der Waals surface area (Å²) in [5, 5.41) is 3.63. The van der Waals surface area contributed by atoms with Crippen molar-refractivity contribution in [1.29, 1.82) is 0 Å². The Kier molecular flexibility index (Phi) is 5.62. The van der Waals surface area contributed by atoms with Crippen LogP contribution in [0.3, 0.4) is 0 Å². The van der Waals surface area contributed by atoms with Crippen molar-refractivity contribution >= 4 is 0 Å². The van der Waals surface area contributed by atoms with Crippen molar-refractivity contribution in [2.45, 2.75) is 71.6 Å². The quantitative estimate of drug-likeness (QED) is 0.846. The van der Waals surface area contributed by atoms with Crippen LogP contribution in [-0.2, 0) is 17.6 Å². The minimum Gasteiger partial charge on any atom is -0.373 e. The highest BCUT2D eigenvalue weighted by Crippen LogP contribution is 2.31. The molecule has 1 aromatic rings. The van der Waals surface area contributed by atoms with E-state index in [-0.39, 0.29) is 0 Å². The fourth-order valence-corrected chi connectivity index (χ4v) is 3.28. The average molecular weight is 275 g/mol. The second-order valence-electron chi connectivity index (χ2n) is 5.83. The van der Waals surface area contributed by atoms with E-state index in [1.54, 1.807) is 0 Å². The molecule has 2 heteroatoms. The van der Waals surface area contributed by atoms with Crippen LogP contribution in [0, 0.1) is 0 Å². The van der Waals surface area contributed by atoms with Crippen LogP contribution in [0.15, 0.2) is 18.2 Å². The highest BCUT2D eigenvalue weighted by atomic mass is 16.5. The lowest BCUT2D eigenvalue weighted by molar-refractivity contribution is 0.0319. The highest BCUT2D eigenvalue weighted by Gasteiger charge is 2.30. The molecule has 1 saturated heterocycles. The van der Waals surface area contributed by atoms with E-state index in [4.69, 9.17) is 4.74 Å². The molecule has 0 radical (unpaired) electrons. The monoisotopic (exact) mass is 275 g/mol. The van der Waals surface area contributed by atoms with Gasteiger partial charge in [-0.2, -0.15) is 0 Å². The molecule has 0 bridgehead atoms. The fraction of sp³-hybridized carbons (Fsp3) is 0.667. The Labute approximate surface area is 123 Å². The number of nitrogens with one attached hydrogen (secondary N) is 1.